The van der Waals surface area contributed by atoms with Crippen molar-refractivity contribution in [1.82, 2.24) is 15.1 Å². The zero-order valence-corrected chi connectivity index (χ0v) is 15.6. The average molecular weight is 371 g/mol. The zero-order chi connectivity index (χ0) is 19.7. The number of likely N-dealkylation sites (N-methyl/N-ethyl adjacent to an activating group) is 2. The second kappa shape index (κ2) is 10.7. The zero-order valence-electron chi connectivity index (χ0n) is 15.6. The lowest BCUT2D eigenvalue weighted by molar-refractivity contribution is -0.698. The molecule has 2 heterocycles. The Hall–Kier alpha value is -2.17. The van der Waals surface area contributed by atoms with Gasteiger partial charge in [0.05, 0.1) is 26.9 Å². The van der Waals surface area contributed by atoms with Crippen LogP contribution in [0.4, 0.5) is 0 Å². The fraction of sp³-hybridized carbons (Fsp3) is 0.688. The Morgan fingerprint density at radius 2 is 2.00 bits per heavy atom. The Labute approximate surface area is 153 Å². The number of unbranched alkanes of at least 4 members (excludes halogenated alkanes) is 1. The van der Waals surface area contributed by atoms with Gasteiger partial charge in [0.2, 0.25) is 0 Å². The highest BCUT2D eigenvalue weighted by molar-refractivity contribution is 5.97. The number of amides is 1. The summed E-state index contributed by atoms with van der Waals surface area (Å²) in [6.07, 6.45) is 1.72. The smallest absolute Gasteiger partial charge is 0.371 e. The Morgan fingerprint density at radius 3 is 2.54 bits per heavy atom. The Kier molecular flexibility index (Phi) is 9.03. The molecule has 26 heavy (non-hydrogen) atoms. The molecule has 10 heteroatoms. The third-order valence-corrected chi connectivity index (χ3v) is 3.95. The van der Waals surface area contributed by atoms with Gasteiger partial charge in [0.1, 0.15) is 5.82 Å². The van der Waals surface area contributed by atoms with E-state index in [1.807, 2.05) is 11.9 Å². The van der Waals surface area contributed by atoms with Gasteiger partial charge in [-0.25, -0.2) is 14.7 Å². The number of rotatable bonds is 7. The molecule has 4 N–H and O–H groups in total. The van der Waals surface area contributed by atoms with Crippen molar-refractivity contribution in [2.45, 2.75) is 26.2 Å². The monoisotopic (exact) mass is 371 g/mol. The molecular weight excluding hydrogens is 342 g/mol. The van der Waals surface area contributed by atoms with Crippen molar-refractivity contribution in [2.75, 3.05) is 47.1 Å². The van der Waals surface area contributed by atoms with Gasteiger partial charge in [-0.1, -0.05) is 6.92 Å². The van der Waals surface area contributed by atoms with E-state index >= 15 is 0 Å². The first kappa shape index (κ1) is 21.9. The summed E-state index contributed by atoms with van der Waals surface area (Å²) in [5.41, 5.74) is 0.666. The van der Waals surface area contributed by atoms with Crippen LogP contribution in [-0.2, 0) is 9.59 Å². The minimum absolute atomic E-state index is 0.0207. The summed E-state index contributed by atoms with van der Waals surface area (Å²) in [7, 11) is 3.64. The van der Waals surface area contributed by atoms with Crippen LogP contribution in [0.3, 0.4) is 0 Å². The summed E-state index contributed by atoms with van der Waals surface area (Å²) in [5.74, 6) is 0.301. The molecule has 2 rings (SSSR count). The number of hydrogen-bond donors (Lipinski definition) is 4. The van der Waals surface area contributed by atoms with Gasteiger partial charge in [-0.3, -0.25) is 5.32 Å². The molecule has 0 aliphatic carbocycles. The molecule has 0 aromatic heterocycles. The topological polar surface area (TPSA) is 133 Å². The quantitative estimate of drug-likeness (QED) is 0.336. The number of aliphatic hydroxyl groups is 2. The van der Waals surface area contributed by atoms with Crippen LogP contribution >= 0.6 is 0 Å². The SMILES string of the molecule is CCC(=O)[O-].CN1CN(CCCCO)C2=C1C(=O)[NH+](C)C(=NCCO)N2. The van der Waals surface area contributed by atoms with Gasteiger partial charge >= 0.3 is 11.9 Å². The molecule has 0 fully saturated rings. The van der Waals surface area contributed by atoms with Gasteiger partial charge in [-0.2, -0.15) is 0 Å². The van der Waals surface area contributed by atoms with E-state index in [0.29, 0.717) is 23.2 Å². The van der Waals surface area contributed by atoms with Crippen LogP contribution in [0.25, 0.3) is 0 Å². The second-order valence-electron chi connectivity index (χ2n) is 5.99. The molecule has 1 unspecified atom stereocenters. The first-order valence-electron chi connectivity index (χ1n) is 8.69. The highest BCUT2D eigenvalue weighted by atomic mass is 16.4. The lowest BCUT2D eigenvalue weighted by atomic mass is 10.3. The van der Waals surface area contributed by atoms with Crippen LogP contribution < -0.4 is 15.3 Å². The van der Waals surface area contributed by atoms with Gasteiger partial charge in [-0.15, -0.1) is 0 Å². The minimum Gasteiger partial charge on any atom is -0.550 e. The van der Waals surface area contributed by atoms with Crippen LogP contribution in [0, 0.1) is 0 Å². The molecule has 1 atom stereocenters. The van der Waals surface area contributed by atoms with Crippen LogP contribution in [-0.4, -0.2) is 84.9 Å². The fourth-order valence-electron chi connectivity index (χ4n) is 2.56. The number of quaternary nitrogens is 1. The van der Waals surface area contributed by atoms with Crippen LogP contribution in [0.2, 0.25) is 0 Å². The number of carbonyl (C=O) groups excluding carboxylic acids is 2. The number of aliphatic imine (C=N–C) groups is 1. The van der Waals surface area contributed by atoms with E-state index in [1.165, 1.54) is 6.92 Å². The molecule has 0 bridgehead atoms. The van der Waals surface area contributed by atoms with E-state index in [2.05, 4.69) is 15.2 Å². The van der Waals surface area contributed by atoms with Gasteiger partial charge in [0.25, 0.3) is 0 Å². The summed E-state index contributed by atoms with van der Waals surface area (Å²) >= 11 is 0. The largest absolute Gasteiger partial charge is 0.550 e. The van der Waals surface area contributed by atoms with Gasteiger partial charge in [0, 0.05) is 26.2 Å². The van der Waals surface area contributed by atoms with E-state index in [9.17, 15) is 14.7 Å². The molecular formula is C16H29N5O5. The van der Waals surface area contributed by atoms with Crippen LogP contribution in [0.5, 0.6) is 0 Å². The number of hydrogen-bond acceptors (Lipinski definition) is 8. The minimum atomic E-state index is -0.995. The number of guanidine groups is 1. The lowest BCUT2D eigenvalue weighted by Crippen LogP contribution is -3.17. The van der Waals surface area contributed by atoms with Crippen molar-refractivity contribution in [3.05, 3.63) is 11.5 Å². The van der Waals surface area contributed by atoms with Crippen molar-refractivity contribution in [3.63, 3.8) is 0 Å². The number of aliphatic carboxylic acids is 1. The summed E-state index contributed by atoms with van der Waals surface area (Å²) in [6, 6.07) is 0. The molecule has 1 amide bonds. The maximum Gasteiger partial charge on any atom is 0.371 e. The predicted octanol–water partition coefficient (Wildman–Crippen LogP) is -3.73. The maximum atomic E-state index is 12.5. The van der Waals surface area contributed by atoms with Crippen LogP contribution in [0.15, 0.2) is 16.5 Å². The lowest BCUT2D eigenvalue weighted by Gasteiger charge is -2.25. The molecule has 0 radical (unpaired) electrons. The second-order valence-corrected chi connectivity index (χ2v) is 5.99. The third kappa shape index (κ3) is 5.68. The normalized spacial score (nSPS) is 20.7. The number of nitrogens with one attached hydrogen (secondary N) is 2. The molecule has 0 saturated heterocycles. The first-order chi connectivity index (χ1) is 12.4. The molecule has 0 aromatic rings. The van der Waals surface area contributed by atoms with Crippen molar-refractivity contribution >= 4 is 17.8 Å². The number of nitrogens with zero attached hydrogens (tertiary/aromatic N) is 3. The number of carboxylic acids is 1. The van der Waals surface area contributed by atoms with E-state index in [1.54, 1.807) is 7.05 Å². The number of aliphatic hydroxyl groups excluding tert-OH is 2. The predicted molar refractivity (Wildman–Crippen MR) is 92.4 cm³/mol. The first-order valence-corrected chi connectivity index (χ1v) is 8.69. The maximum absolute atomic E-state index is 12.5. The molecule has 2 aliphatic heterocycles. The highest BCUT2D eigenvalue weighted by Gasteiger charge is 2.42. The van der Waals surface area contributed by atoms with Crippen molar-refractivity contribution in [2.24, 2.45) is 4.99 Å². The molecule has 10 nitrogen and oxygen atoms in total. The molecule has 0 saturated carbocycles. The Balaban J connectivity index is 0.000000597. The summed E-state index contributed by atoms with van der Waals surface area (Å²) in [5, 5.41) is 30.3. The Morgan fingerprint density at radius 1 is 1.35 bits per heavy atom. The highest BCUT2D eigenvalue weighted by Crippen LogP contribution is 2.21. The summed E-state index contributed by atoms with van der Waals surface area (Å²) < 4.78 is 0. The Bertz CT molecular complexity index is 563. The molecule has 2 aliphatic rings. The van der Waals surface area contributed by atoms with Gasteiger partial charge < -0.3 is 29.9 Å². The standard InChI is InChI=1S/C13H23N5O3.C3H6O2/c1-16-9-18(6-3-4-7-19)11-10(16)12(21)17(2)13(15-11)14-5-8-20;1-2-3(4)5/h19-20H,3-9H2,1-2H3,(H,14,15);2H2,1H3,(H,4,5). The fourth-order valence-corrected chi connectivity index (χ4v) is 2.56. The number of carboxylic acid groups (broad SMARTS) is 1. The van der Waals surface area contributed by atoms with Crippen LogP contribution in [0.1, 0.15) is 26.2 Å². The summed E-state index contributed by atoms with van der Waals surface area (Å²) in [6.45, 7) is 3.37. The average Bonchev–Trinajstić information content (AvgIpc) is 2.93. The third-order valence-electron chi connectivity index (χ3n) is 3.95. The van der Waals surface area contributed by atoms with E-state index in [4.69, 9.17) is 10.2 Å². The van der Waals surface area contributed by atoms with Crippen molar-refractivity contribution in [1.29, 1.82) is 0 Å². The van der Waals surface area contributed by atoms with E-state index in [0.717, 1.165) is 25.2 Å². The van der Waals surface area contributed by atoms with Gasteiger partial charge in [-0.05, 0) is 19.3 Å². The van der Waals surface area contributed by atoms with Crippen molar-refractivity contribution in [3.8, 4) is 0 Å². The van der Waals surface area contributed by atoms with E-state index in [-0.39, 0.29) is 32.1 Å². The van der Waals surface area contributed by atoms with Crippen molar-refractivity contribution < 1.29 is 29.8 Å². The molecule has 0 aromatic carbocycles. The number of carbonyl (C=O) groups is 2. The summed E-state index contributed by atoms with van der Waals surface area (Å²) in [4.78, 5) is 30.6. The molecule has 148 valence electrons. The molecule has 0 spiro atoms. The van der Waals surface area contributed by atoms with E-state index < -0.39 is 5.97 Å². The van der Waals surface area contributed by atoms with Gasteiger partial charge in [0.15, 0.2) is 5.70 Å².